The van der Waals surface area contributed by atoms with Gasteiger partial charge in [0, 0.05) is 29.8 Å². The van der Waals surface area contributed by atoms with Crippen LogP contribution in [0.4, 0.5) is 29.3 Å². The van der Waals surface area contributed by atoms with E-state index in [0.29, 0.717) is 23.6 Å². The summed E-state index contributed by atoms with van der Waals surface area (Å²) in [6, 6.07) is 19.7. The average Bonchev–Trinajstić information content (AvgIpc) is 3.34. The Bertz CT molecular complexity index is 1340. The van der Waals surface area contributed by atoms with Gasteiger partial charge in [-0.25, -0.2) is 9.78 Å². The first kappa shape index (κ1) is 24.5. The number of benzene rings is 3. The van der Waals surface area contributed by atoms with Crippen LogP contribution in [-0.4, -0.2) is 23.5 Å². The Labute approximate surface area is 204 Å². The maximum absolute atomic E-state index is 13.7. The van der Waals surface area contributed by atoms with Gasteiger partial charge < -0.3 is 20.4 Å². The van der Waals surface area contributed by atoms with Crippen molar-refractivity contribution in [1.82, 2.24) is 10.3 Å². The highest BCUT2D eigenvalue weighted by atomic mass is 19.4. The zero-order valence-electron chi connectivity index (χ0n) is 18.8. The third-order valence-corrected chi connectivity index (χ3v) is 5.11. The molecule has 7 nitrogen and oxygen atoms in total. The minimum absolute atomic E-state index is 0.0533. The van der Waals surface area contributed by atoms with Gasteiger partial charge in [0.05, 0.1) is 16.9 Å². The Balaban J connectivity index is 1.36. The second kappa shape index (κ2) is 10.8. The number of nitrogens with one attached hydrogen (secondary N) is 3. The van der Waals surface area contributed by atoms with Gasteiger partial charge in [0.2, 0.25) is 5.89 Å². The molecule has 0 bridgehead atoms. The van der Waals surface area contributed by atoms with Crippen LogP contribution in [0.3, 0.4) is 0 Å². The Morgan fingerprint density at radius 2 is 1.58 bits per heavy atom. The average molecular weight is 494 g/mol. The Morgan fingerprint density at radius 1 is 0.889 bits per heavy atom. The number of anilines is 2. The summed E-state index contributed by atoms with van der Waals surface area (Å²) in [7, 11) is 0. The molecule has 1 aromatic heterocycles. The van der Waals surface area contributed by atoms with Gasteiger partial charge in [-0.05, 0) is 42.5 Å². The number of nitrogens with zero attached hydrogens (tertiary/aromatic N) is 1. The topological polar surface area (TPSA) is 96.3 Å². The fourth-order valence-corrected chi connectivity index (χ4v) is 3.36. The molecule has 0 radical (unpaired) electrons. The zero-order chi connectivity index (χ0) is 25.5. The van der Waals surface area contributed by atoms with Crippen LogP contribution in [0, 0.1) is 0 Å². The summed E-state index contributed by atoms with van der Waals surface area (Å²) in [6.07, 6.45) is -2.98. The number of oxazole rings is 1. The second-order valence-corrected chi connectivity index (χ2v) is 7.72. The number of carbonyl (C=O) groups is 2. The van der Waals surface area contributed by atoms with Crippen LogP contribution in [-0.2, 0) is 12.6 Å². The molecule has 4 aromatic rings. The van der Waals surface area contributed by atoms with Crippen LogP contribution in [0.25, 0.3) is 11.5 Å². The Kier molecular flexibility index (Phi) is 7.33. The fraction of sp³-hybridized carbons (Fsp3) is 0.115. The van der Waals surface area contributed by atoms with Crippen molar-refractivity contribution < 1.29 is 27.2 Å². The normalized spacial score (nSPS) is 11.1. The molecule has 3 aromatic carbocycles. The molecule has 0 fully saturated rings. The summed E-state index contributed by atoms with van der Waals surface area (Å²) in [4.78, 5) is 28.9. The Hall–Kier alpha value is -4.60. The number of urea groups is 1. The fourth-order valence-electron chi connectivity index (χ4n) is 3.36. The standard InChI is InChI=1S/C26H21F3N4O3/c27-26(28,29)21-15-19(31-23(34)17-7-3-1-4-8-17)11-12-22(21)33-25(35)30-14-13-20-16-36-24(32-20)18-9-5-2-6-10-18/h1-12,15-16H,13-14H2,(H,31,34)(H2,30,33,35). The molecule has 0 spiro atoms. The molecule has 1 heterocycles. The van der Waals surface area contributed by atoms with E-state index in [-0.39, 0.29) is 12.2 Å². The molecule has 0 saturated carbocycles. The predicted molar refractivity (Wildman–Crippen MR) is 129 cm³/mol. The maximum Gasteiger partial charge on any atom is 0.418 e. The van der Waals surface area contributed by atoms with Crippen LogP contribution in [0.15, 0.2) is 89.5 Å². The largest absolute Gasteiger partial charge is 0.444 e. The van der Waals surface area contributed by atoms with Crippen LogP contribution in [0.1, 0.15) is 21.6 Å². The quantitative estimate of drug-likeness (QED) is 0.295. The number of hydrogen-bond donors (Lipinski definition) is 3. The molecular formula is C26H21F3N4O3. The van der Waals surface area contributed by atoms with E-state index in [1.807, 2.05) is 30.3 Å². The van der Waals surface area contributed by atoms with Gasteiger partial charge in [0.25, 0.3) is 5.91 Å². The van der Waals surface area contributed by atoms with Crippen LogP contribution in [0.2, 0.25) is 0 Å². The van der Waals surface area contributed by atoms with E-state index in [2.05, 4.69) is 20.9 Å². The summed E-state index contributed by atoms with van der Waals surface area (Å²) >= 11 is 0. The number of amides is 3. The molecule has 4 rings (SSSR count). The van der Waals surface area contributed by atoms with Crippen molar-refractivity contribution in [2.24, 2.45) is 0 Å². The molecule has 3 amide bonds. The van der Waals surface area contributed by atoms with Crippen molar-refractivity contribution in [3.63, 3.8) is 0 Å². The molecule has 0 saturated heterocycles. The van der Waals surface area contributed by atoms with Crippen LogP contribution < -0.4 is 16.0 Å². The molecule has 3 N–H and O–H groups in total. The van der Waals surface area contributed by atoms with Gasteiger partial charge in [-0.1, -0.05) is 36.4 Å². The van der Waals surface area contributed by atoms with Gasteiger partial charge in [-0.2, -0.15) is 13.2 Å². The second-order valence-electron chi connectivity index (χ2n) is 7.72. The molecule has 0 atom stereocenters. The van der Waals surface area contributed by atoms with E-state index in [4.69, 9.17) is 4.42 Å². The SMILES string of the molecule is O=C(NCCc1coc(-c2ccccc2)n1)Nc1ccc(NC(=O)c2ccccc2)cc1C(F)(F)F. The van der Waals surface area contributed by atoms with Crippen molar-refractivity contribution >= 4 is 23.3 Å². The highest BCUT2D eigenvalue weighted by Gasteiger charge is 2.34. The number of alkyl halides is 3. The van der Waals surface area contributed by atoms with Crippen molar-refractivity contribution in [2.75, 3.05) is 17.2 Å². The molecule has 10 heteroatoms. The smallest absolute Gasteiger partial charge is 0.418 e. The number of aromatic nitrogens is 1. The van der Waals surface area contributed by atoms with E-state index in [1.165, 1.54) is 12.3 Å². The third kappa shape index (κ3) is 6.29. The van der Waals surface area contributed by atoms with E-state index < -0.39 is 29.4 Å². The molecule has 0 aliphatic carbocycles. The van der Waals surface area contributed by atoms with Gasteiger partial charge >= 0.3 is 12.2 Å². The first-order valence-electron chi connectivity index (χ1n) is 10.9. The summed E-state index contributed by atoms with van der Waals surface area (Å²) in [5.74, 6) is -0.116. The minimum atomic E-state index is -4.76. The lowest BCUT2D eigenvalue weighted by molar-refractivity contribution is -0.136. The number of halogens is 3. The van der Waals surface area contributed by atoms with Gasteiger partial charge in [0.15, 0.2) is 0 Å². The van der Waals surface area contributed by atoms with Crippen molar-refractivity contribution in [3.8, 4) is 11.5 Å². The van der Waals surface area contributed by atoms with Crippen LogP contribution in [0.5, 0.6) is 0 Å². The van der Waals surface area contributed by atoms with Gasteiger partial charge in [-0.3, -0.25) is 4.79 Å². The first-order chi connectivity index (χ1) is 17.3. The van der Waals surface area contributed by atoms with Crippen molar-refractivity contribution in [3.05, 3.63) is 102 Å². The molecule has 184 valence electrons. The lowest BCUT2D eigenvalue weighted by Crippen LogP contribution is -2.31. The van der Waals surface area contributed by atoms with Crippen molar-refractivity contribution in [2.45, 2.75) is 12.6 Å². The number of hydrogen-bond acceptors (Lipinski definition) is 4. The van der Waals surface area contributed by atoms with Crippen molar-refractivity contribution in [1.29, 1.82) is 0 Å². The third-order valence-electron chi connectivity index (χ3n) is 5.11. The summed E-state index contributed by atoms with van der Waals surface area (Å²) in [5, 5.41) is 7.16. The zero-order valence-corrected chi connectivity index (χ0v) is 18.8. The lowest BCUT2D eigenvalue weighted by Gasteiger charge is -2.16. The molecule has 0 aliphatic rings. The molecular weight excluding hydrogens is 473 g/mol. The highest BCUT2D eigenvalue weighted by molar-refractivity contribution is 6.04. The van der Waals surface area contributed by atoms with Gasteiger partial charge in [-0.15, -0.1) is 0 Å². The summed E-state index contributed by atoms with van der Waals surface area (Å²) < 4.78 is 46.4. The summed E-state index contributed by atoms with van der Waals surface area (Å²) in [5.41, 5.74) is 0.109. The van der Waals surface area contributed by atoms with Crippen LogP contribution >= 0.6 is 0 Å². The molecule has 36 heavy (non-hydrogen) atoms. The number of rotatable bonds is 7. The minimum Gasteiger partial charge on any atom is -0.444 e. The van der Waals surface area contributed by atoms with E-state index >= 15 is 0 Å². The monoisotopic (exact) mass is 494 g/mol. The van der Waals surface area contributed by atoms with E-state index in [1.54, 1.807) is 30.3 Å². The van der Waals surface area contributed by atoms with E-state index in [0.717, 1.165) is 17.7 Å². The highest BCUT2D eigenvalue weighted by Crippen LogP contribution is 2.36. The Morgan fingerprint density at radius 3 is 2.28 bits per heavy atom. The number of carbonyl (C=O) groups excluding carboxylic acids is 2. The molecule has 0 unspecified atom stereocenters. The first-order valence-corrected chi connectivity index (χ1v) is 10.9. The predicted octanol–water partition coefficient (Wildman–Crippen LogP) is 5.98. The van der Waals surface area contributed by atoms with E-state index in [9.17, 15) is 22.8 Å². The summed E-state index contributed by atoms with van der Waals surface area (Å²) in [6.45, 7) is 0.124. The van der Waals surface area contributed by atoms with Gasteiger partial charge in [0.1, 0.15) is 6.26 Å². The lowest BCUT2D eigenvalue weighted by atomic mass is 10.1. The maximum atomic E-state index is 13.7. The molecule has 0 aliphatic heterocycles.